The van der Waals surface area contributed by atoms with Crippen LogP contribution in [0.4, 0.5) is 17.6 Å². The second-order valence-corrected chi connectivity index (χ2v) is 12.7. The van der Waals surface area contributed by atoms with Gasteiger partial charge >= 0.3 is 0 Å². The molecule has 1 saturated heterocycles. The van der Waals surface area contributed by atoms with Gasteiger partial charge in [-0.1, -0.05) is 32.4 Å². The summed E-state index contributed by atoms with van der Waals surface area (Å²) >= 11 is 6.84. The molecule has 1 aliphatic carbocycles. The standard InChI is InChI=1S/C30H38ClN9O3/c1-30(2,3)22-15-24(37-40(22)19-9-11-39(17-19)12-13-42-5)35-29-36-27-26(38(29)4)25(31)21(16-33-27)43-20-8-10-32-23(14-20)34-28(41)18-6-7-18/h8,10,14-16,18-19H,6-7,9,11-13,17H2,1-5H3,(H,32,34,41)(H,33,35,36,37)/t19-/m1/s1. The maximum atomic E-state index is 12.1. The van der Waals surface area contributed by atoms with Crippen LogP contribution in [0.25, 0.3) is 11.2 Å². The van der Waals surface area contributed by atoms with E-state index in [1.165, 1.54) is 0 Å². The van der Waals surface area contributed by atoms with Crippen molar-refractivity contribution >= 4 is 46.3 Å². The van der Waals surface area contributed by atoms with Crippen molar-refractivity contribution in [3.63, 3.8) is 0 Å². The molecule has 0 bridgehead atoms. The van der Waals surface area contributed by atoms with E-state index in [2.05, 4.69) is 57.0 Å². The first-order valence-electron chi connectivity index (χ1n) is 14.6. The second kappa shape index (κ2) is 11.7. The molecule has 1 aliphatic heterocycles. The third-order valence-electron chi connectivity index (χ3n) is 7.91. The Morgan fingerprint density at radius 2 is 1.98 bits per heavy atom. The molecule has 4 aromatic heterocycles. The molecule has 1 amide bonds. The monoisotopic (exact) mass is 607 g/mol. The van der Waals surface area contributed by atoms with Gasteiger partial charge in [0.05, 0.1) is 18.8 Å². The maximum Gasteiger partial charge on any atom is 0.228 e. The number of nitrogens with one attached hydrogen (secondary N) is 2. The summed E-state index contributed by atoms with van der Waals surface area (Å²) in [6.07, 6.45) is 6.00. The average molecular weight is 608 g/mol. The van der Waals surface area contributed by atoms with Gasteiger partial charge in [0.15, 0.2) is 17.2 Å². The van der Waals surface area contributed by atoms with Crippen LogP contribution < -0.4 is 15.4 Å². The number of halogens is 1. The van der Waals surface area contributed by atoms with E-state index in [-0.39, 0.29) is 23.3 Å². The molecule has 13 heteroatoms. The number of aromatic nitrogens is 6. The number of pyridine rings is 2. The smallest absolute Gasteiger partial charge is 0.228 e. The van der Waals surface area contributed by atoms with Crippen LogP contribution in [-0.4, -0.2) is 73.5 Å². The zero-order valence-electron chi connectivity index (χ0n) is 25.2. The lowest BCUT2D eigenvalue weighted by atomic mass is 9.91. The normalized spacial score (nSPS) is 17.5. The van der Waals surface area contributed by atoms with Crippen LogP contribution in [0.1, 0.15) is 51.8 Å². The van der Waals surface area contributed by atoms with Crippen LogP contribution in [-0.2, 0) is 22.0 Å². The van der Waals surface area contributed by atoms with Crippen molar-refractivity contribution in [2.75, 3.05) is 44.0 Å². The van der Waals surface area contributed by atoms with E-state index in [9.17, 15) is 4.79 Å². The molecule has 1 atom stereocenters. The SMILES string of the molecule is COCCN1CC[C@@H](n2nc(Nc3nc4ncc(Oc5ccnc(NC(=O)C6CC6)c5)c(Cl)c4n3C)cc2C(C)(C)C)C1. The largest absolute Gasteiger partial charge is 0.454 e. The quantitative estimate of drug-likeness (QED) is 0.247. The Morgan fingerprint density at radius 3 is 2.72 bits per heavy atom. The van der Waals surface area contributed by atoms with Crippen molar-refractivity contribution in [2.24, 2.45) is 13.0 Å². The van der Waals surface area contributed by atoms with Crippen molar-refractivity contribution in [3.8, 4) is 11.5 Å². The molecule has 6 rings (SSSR count). The van der Waals surface area contributed by atoms with E-state index in [0.29, 0.717) is 45.3 Å². The van der Waals surface area contributed by atoms with E-state index >= 15 is 0 Å². The Hall–Kier alpha value is -3.74. The third-order valence-corrected chi connectivity index (χ3v) is 8.28. The Kier molecular flexibility index (Phi) is 8.01. The summed E-state index contributed by atoms with van der Waals surface area (Å²) in [6.45, 7) is 10.2. The van der Waals surface area contributed by atoms with Crippen molar-refractivity contribution in [2.45, 2.75) is 51.5 Å². The number of rotatable bonds is 10. The predicted molar refractivity (Wildman–Crippen MR) is 165 cm³/mol. The van der Waals surface area contributed by atoms with Crippen LogP contribution in [0.2, 0.25) is 5.02 Å². The third kappa shape index (κ3) is 6.31. The minimum atomic E-state index is -0.0934. The molecule has 4 aromatic rings. The zero-order valence-corrected chi connectivity index (χ0v) is 26.0. The summed E-state index contributed by atoms with van der Waals surface area (Å²) in [5, 5.41) is 11.6. The molecule has 2 fully saturated rings. The first-order chi connectivity index (χ1) is 20.6. The number of carbonyl (C=O) groups is 1. The summed E-state index contributed by atoms with van der Waals surface area (Å²) in [4.78, 5) is 28.0. The molecular weight excluding hydrogens is 570 g/mol. The molecule has 0 spiro atoms. The van der Waals surface area contributed by atoms with E-state index in [1.54, 1.807) is 31.6 Å². The summed E-state index contributed by atoms with van der Waals surface area (Å²) in [5.74, 6) is 2.62. The summed E-state index contributed by atoms with van der Waals surface area (Å²) in [7, 11) is 3.61. The molecule has 0 aromatic carbocycles. The van der Waals surface area contributed by atoms with Crippen LogP contribution >= 0.6 is 11.6 Å². The highest BCUT2D eigenvalue weighted by Crippen LogP contribution is 2.37. The number of hydrogen-bond acceptors (Lipinski definition) is 9. The van der Waals surface area contributed by atoms with Gasteiger partial charge in [-0.05, 0) is 25.3 Å². The number of aryl methyl sites for hydroxylation is 1. The first-order valence-corrected chi connectivity index (χ1v) is 15.0. The van der Waals surface area contributed by atoms with Gasteiger partial charge in [-0.15, -0.1) is 0 Å². The van der Waals surface area contributed by atoms with Gasteiger partial charge in [-0.3, -0.25) is 14.4 Å². The van der Waals surface area contributed by atoms with Crippen molar-refractivity contribution < 1.29 is 14.3 Å². The van der Waals surface area contributed by atoms with E-state index in [1.807, 2.05) is 11.6 Å². The van der Waals surface area contributed by atoms with Crippen LogP contribution in [0.3, 0.4) is 0 Å². The number of carbonyl (C=O) groups excluding carboxylic acids is 1. The molecule has 43 heavy (non-hydrogen) atoms. The minimum absolute atomic E-state index is 0.0209. The molecule has 0 radical (unpaired) electrons. The van der Waals surface area contributed by atoms with E-state index in [4.69, 9.17) is 31.2 Å². The zero-order chi connectivity index (χ0) is 30.3. The predicted octanol–water partition coefficient (Wildman–Crippen LogP) is 5.29. The highest BCUT2D eigenvalue weighted by Gasteiger charge is 2.31. The lowest BCUT2D eigenvalue weighted by Crippen LogP contribution is -2.27. The number of hydrogen-bond donors (Lipinski definition) is 2. The molecule has 2 N–H and O–H groups in total. The van der Waals surface area contributed by atoms with Crippen LogP contribution in [0.5, 0.6) is 11.5 Å². The number of fused-ring (bicyclic) bond motifs is 1. The van der Waals surface area contributed by atoms with Crippen molar-refractivity contribution in [3.05, 3.63) is 41.3 Å². The number of imidazole rings is 1. The maximum absolute atomic E-state index is 12.1. The van der Waals surface area contributed by atoms with Gasteiger partial charge in [0.2, 0.25) is 11.9 Å². The van der Waals surface area contributed by atoms with Gasteiger partial charge in [0.1, 0.15) is 22.1 Å². The number of nitrogens with zero attached hydrogens (tertiary/aromatic N) is 7. The highest BCUT2D eigenvalue weighted by molar-refractivity contribution is 6.36. The summed E-state index contributed by atoms with van der Waals surface area (Å²) < 4.78 is 15.4. The fourth-order valence-corrected chi connectivity index (χ4v) is 5.68. The Balaban J connectivity index is 1.23. The lowest BCUT2D eigenvalue weighted by Gasteiger charge is -2.23. The van der Waals surface area contributed by atoms with Crippen molar-refractivity contribution in [1.29, 1.82) is 0 Å². The summed E-state index contributed by atoms with van der Waals surface area (Å²) in [5.41, 5.74) is 2.17. The van der Waals surface area contributed by atoms with Gasteiger partial charge in [-0.25, -0.2) is 9.97 Å². The Labute approximate surface area is 255 Å². The molecule has 5 heterocycles. The lowest BCUT2D eigenvalue weighted by molar-refractivity contribution is -0.117. The first kappa shape index (κ1) is 29.3. The molecule has 0 unspecified atom stereocenters. The number of amides is 1. The van der Waals surface area contributed by atoms with Gasteiger partial charge in [-0.2, -0.15) is 10.1 Å². The number of ether oxygens (including phenoxy) is 2. The Bertz CT molecular complexity index is 1640. The van der Waals surface area contributed by atoms with Gasteiger partial charge < -0.3 is 24.7 Å². The van der Waals surface area contributed by atoms with Gasteiger partial charge in [0.25, 0.3) is 0 Å². The fourth-order valence-electron chi connectivity index (χ4n) is 5.38. The molecule has 12 nitrogen and oxygen atoms in total. The molecule has 228 valence electrons. The summed E-state index contributed by atoms with van der Waals surface area (Å²) in [6, 6.07) is 5.76. The van der Waals surface area contributed by atoms with Crippen LogP contribution in [0, 0.1) is 5.92 Å². The minimum Gasteiger partial charge on any atom is -0.454 e. The number of methoxy groups -OCH3 is 1. The van der Waals surface area contributed by atoms with Crippen molar-refractivity contribution in [1.82, 2.24) is 34.2 Å². The highest BCUT2D eigenvalue weighted by atomic mass is 35.5. The number of anilines is 3. The number of likely N-dealkylation sites (tertiary alicyclic amines) is 1. The van der Waals surface area contributed by atoms with Gasteiger partial charge in [0, 0.05) is 69.1 Å². The van der Waals surface area contributed by atoms with E-state index in [0.717, 1.165) is 51.2 Å². The molecular formula is C30H38ClN9O3. The second-order valence-electron chi connectivity index (χ2n) is 12.3. The topological polar surface area (TPSA) is 124 Å². The average Bonchev–Trinajstić information content (AvgIpc) is 3.42. The Morgan fingerprint density at radius 1 is 1.16 bits per heavy atom. The van der Waals surface area contributed by atoms with E-state index < -0.39 is 0 Å². The van der Waals surface area contributed by atoms with Crippen LogP contribution in [0.15, 0.2) is 30.6 Å². The fraction of sp³-hybridized carbons (Fsp3) is 0.500. The molecule has 1 saturated carbocycles. The molecule has 2 aliphatic rings.